The van der Waals surface area contributed by atoms with E-state index in [1.807, 2.05) is 0 Å². The first-order chi connectivity index (χ1) is 8.75. The van der Waals surface area contributed by atoms with Crippen LogP contribution in [0.25, 0.3) is 0 Å². The molecule has 0 atom stereocenters. The number of rotatable bonds is 3. The van der Waals surface area contributed by atoms with E-state index in [0.717, 1.165) is 6.07 Å². The fourth-order valence-electron chi connectivity index (χ4n) is 1.18. The van der Waals surface area contributed by atoms with Gasteiger partial charge in [-0.3, -0.25) is 4.79 Å². The minimum Gasteiger partial charge on any atom is -0.462 e. The summed E-state index contributed by atoms with van der Waals surface area (Å²) in [5.41, 5.74) is -1.32. The van der Waals surface area contributed by atoms with Crippen LogP contribution in [0, 0.1) is 0 Å². The third kappa shape index (κ3) is 4.23. The number of esters is 1. The molecule has 0 bridgehead atoms. The van der Waals surface area contributed by atoms with Gasteiger partial charge in [-0.05, 0) is 30.8 Å². The molecule has 0 spiro atoms. The van der Waals surface area contributed by atoms with Gasteiger partial charge >= 0.3 is 12.1 Å². The lowest BCUT2D eigenvalue weighted by Crippen LogP contribution is -2.13. The highest BCUT2D eigenvalue weighted by molar-refractivity contribution is 8.13. The van der Waals surface area contributed by atoms with Crippen molar-refractivity contribution in [3.05, 3.63) is 23.4 Å². The smallest absolute Gasteiger partial charge is 0.433 e. The lowest BCUT2D eigenvalue weighted by atomic mass is 10.2. The molecule has 0 saturated heterocycles. The Labute approximate surface area is 111 Å². The molecule has 1 aromatic rings. The van der Waals surface area contributed by atoms with Gasteiger partial charge in [0.15, 0.2) is 5.12 Å². The lowest BCUT2D eigenvalue weighted by molar-refractivity contribution is -0.141. The van der Waals surface area contributed by atoms with Crippen LogP contribution in [0.2, 0.25) is 0 Å². The molecule has 104 valence electrons. The van der Waals surface area contributed by atoms with Crippen LogP contribution in [0.5, 0.6) is 0 Å². The second-order valence-electron chi connectivity index (χ2n) is 3.36. The van der Waals surface area contributed by atoms with E-state index in [-0.39, 0.29) is 17.2 Å². The molecule has 1 aromatic heterocycles. The summed E-state index contributed by atoms with van der Waals surface area (Å²) in [7, 11) is 0. The average molecular weight is 293 g/mol. The van der Waals surface area contributed by atoms with Gasteiger partial charge < -0.3 is 4.74 Å². The predicted molar refractivity (Wildman–Crippen MR) is 61.7 cm³/mol. The first kappa shape index (κ1) is 15.5. The summed E-state index contributed by atoms with van der Waals surface area (Å²) >= 11 is 0.459. The van der Waals surface area contributed by atoms with Crippen LogP contribution in [0.1, 0.15) is 29.9 Å². The van der Waals surface area contributed by atoms with Crippen LogP contribution in [0.3, 0.4) is 0 Å². The molecule has 1 heterocycles. The average Bonchev–Trinajstić information content (AvgIpc) is 2.27. The molecule has 8 heteroatoms. The Morgan fingerprint density at radius 1 is 1.37 bits per heavy atom. The standard InChI is InChI=1S/C11H10F3NO3S/c1-3-18-10(17)7-4-5-8(11(12,13)14)15-9(7)19-6(2)16/h4-5H,3H2,1-2H3. The van der Waals surface area contributed by atoms with Gasteiger partial charge in [0.2, 0.25) is 0 Å². The van der Waals surface area contributed by atoms with Crippen molar-refractivity contribution in [1.82, 2.24) is 4.98 Å². The Hall–Kier alpha value is -1.57. The predicted octanol–water partition coefficient (Wildman–Crippen LogP) is 2.92. The fourth-order valence-corrected chi connectivity index (χ4v) is 1.85. The van der Waals surface area contributed by atoms with E-state index in [1.165, 1.54) is 6.92 Å². The zero-order valence-corrected chi connectivity index (χ0v) is 10.9. The number of pyridine rings is 1. The van der Waals surface area contributed by atoms with E-state index in [0.29, 0.717) is 17.8 Å². The summed E-state index contributed by atoms with van der Waals surface area (Å²) in [6, 6.07) is 1.63. The second kappa shape index (κ2) is 6.05. The molecule has 19 heavy (non-hydrogen) atoms. The minimum atomic E-state index is -4.64. The molecule has 0 unspecified atom stereocenters. The molecule has 0 aliphatic rings. The molecule has 4 nitrogen and oxygen atoms in total. The van der Waals surface area contributed by atoms with Gasteiger partial charge in [0.1, 0.15) is 10.7 Å². The zero-order valence-electron chi connectivity index (χ0n) is 10.1. The van der Waals surface area contributed by atoms with Crippen molar-refractivity contribution in [2.75, 3.05) is 6.61 Å². The Kier molecular flexibility index (Phi) is 4.93. The SMILES string of the molecule is CCOC(=O)c1ccc(C(F)(F)F)nc1SC(C)=O. The van der Waals surface area contributed by atoms with Gasteiger partial charge in [-0.25, -0.2) is 9.78 Å². The monoisotopic (exact) mass is 293 g/mol. The molecule has 1 rings (SSSR count). The second-order valence-corrected chi connectivity index (χ2v) is 4.53. The molecule has 0 aliphatic carbocycles. The van der Waals surface area contributed by atoms with Gasteiger partial charge in [-0.15, -0.1) is 0 Å². The van der Waals surface area contributed by atoms with Gasteiger partial charge in [0.05, 0.1) is 12.2 Å². The molecule has 0 N–H and O–H groups in total. The van der Waals surface area contributed by atoms with Crippen LogP contribution in [0.4, 0.5) is 13.2 Å². The van der Waals surface area contributed by atoms with Crippen LogP contribution in [0.15, 0.2) is 17.2 Å². The molecule has 0 aromatic carbocycles. The molecule has 0 fully saturated rings. The number of hydrogen-bond donors (Lipinski definition) is 0. The van der Waals surface area contributed by atoms with E-state index < -0.39 is 23.0 Å². The molecule has 0 aliphatic heterocycles. The Bertz CT molecular complexity index is 502. The van der Waals surface area contributed by atoms with E-state index in [9.17, 15) is 22.8 Å². The molecular weight excluding hydrogens is 283 g/mol. The van der Waals surface area contributed by atoms with Crippen molar-refractivity contribution in [3.63, 3.8) is 0 Å². The highest BCUT2D eigenvalue weighted by atomic mass is 32.2. The topological polar surface area (TPSA) is 56.3 Å². The quantitative estimate of drug-likeness (QED) is 0.633. The maximum atomic E-state index is 12.5. The summed E-state index contributed by atoms with van der Waals surface area (Å²) in [4.78, 5) is 25.8. The van der Waals surface area contributed by atoms with Crippen molar-refractivity contribution in [2.45, 2.75) is 25.0 Å². The number of carbonyl (C=O) groups is 2. The first-order valence-electron chi connectivity index (χ1n) is 5.19. The maximum absolute atomic E-state index is 12.5. The van der Waals surface area contributed by atoms with E-state index in [2.05, 4.69) is 4.98 Å². The number of thioether (sulfide) groups is 1. The first-order valence-corrected chi connectivity index (χ1v) is 6.01. The van der Waals surface area contributed by atoms with Crippen molar-refractivity contribution in [2.24, 2.45) is 0 Å². The molecule has 0 saturated carbocycles. The highest BCUT2D eigenvalue weighted by Gasteiger charge is 2.34. The van der Waals surface area contributed by atoms with E-state index in [4.69, 9.17) is 4.74 Å². The summed E-state index contributed by atoms with van der Waals surface area (Å²) in [6.45, 7) is 2.80. The number of halogens is 3. The fraction of sp³-hybridized carbons (Fsp3) is 0.364. The zero-order chi connectivity index (χ0) is 14.6. The van der Waals surface area contributed by atoms with E-state index in [1.54, 1.807) is 6.92 Å². The third-order valence-corrected chi connectivity index (χ3v) is 2.68. The minimum absolute atomic E-state index is 0.0734. The number of nitrogens with zero attached hydrogens (tertiary/aromatic N) is 1. The van der Waals surface area contributed by atoms with Crippen molar-refractivity contribution < 1.29 is 27.5 Å². The van der Waals surface area contributed by atoms with Gasteiger partial charge in [0.25, 0.3) is 0 Å². The number of alkyl halides is 3. The largest absolute Gasteiger partial charge is 0.462 e. The van der Waals surface area contributed by atoms with Crippen LogP contribution in [-0.4, -0.2) is 22.7 Å². The Balaban J connectivity index is 3.24. The maximum Gasteiger partial charge on any atom is 0.433 e. The Morgan fingerprint density at radius 2 is 2.00 bits per heavy atom. The summed E-state index contributed by atoms with van der Waals surface area (Å²) in [6.07, 6.45) is -4.64. The number of ether oxygens (including phenoxy) is 1. The Morgan fingerprint density at radius 3 is 2.47 bits per heavy atom. The third-order valence-electron chi connectivity index (χ3n) is 1.89. The van der Waals surface area contributed by atoms with Gasteiger partial charge in [-0.2, -0.15) is 13.2 Å². The summed E-state index contributed by atoms with van der Waals surface area (Å²) in [5, 5.41) is -0.779. The van der Waals surface area contributed by atoms with E-state index >= 15 is 0 Å². The van der Waals surface area contributed by atoms with Crippen molar-refractivity contribution in [3.8, 4) is 0 Å². The normalized spacial score (nSPS) is 11.2. The number of aromatic nitrogens is 1. The van der Waals surface area contributed by atoms with Crippen LogP contribution in [-0.2, 0) is 15.7 Å². The summed E-state index contributed by atoms with van der Waals surface area (Å²) in [5.74, 6) is -0.813. The number of carbonyl (C=O) groups excluding carboxylic acids is 2. The lowest BCUT2D eigenvalue weighted by Gasteiger charge is -2.10. The van der Waals surface area contributed by atoms with Crippen LogP contribution >= 0.6 is 11.8 Å². The van der Waals surface area contributed by atoms with Crippen LogP contribution < -0.4 is 0 Å². The molecule has 0 amide bonds. The van der Waals surface area contributed by atoms with Gasteiger partial charge in [0, 0.05) is 6.92 Å². The summed E-state index contributed by atoms with van der Waals surface area (Å²) < 4.78 is 42.2. The van der Waals surface area contributed by atoms with Crippen molar-refractivity contribution in [1.29, 1.82) is 0 Å². The highest BCUT2D eigenvalue weighted by Crippen LogP contribution is 2.31. The van der Waals surface area contributed by atoms with Crippen molar-refractivity contribution >= 4 is 22.8 Å². The van der Waals surface area contributed by atoms with Gasteiger partial charge in [-0.1, -0.05) is 0 Å². The number of hydrogen-bond acceptors (Lipinski definition) is 5. The molecule has 0 radical (unpaired) electrons. The molecular formula is C11H10F3NO3S.